The molecule has 0 spiro atoms. The number of primary amides is 1. The van der Waals surface area contributed by atoms with Gasteiger partial charge in [0.05, 0.1) is 10.3 Å². The van der Waals surface area contributed by atoms with Gasteiger partial charge in [0.1, 0.15) is 0 Å². The molecular formula is C23H22N4O4S. The maximum Gasteiger partial charge on any atom is 0.238 e. The van der Waals surface area contributed by atoms with Crippen LogP contribution < -0.4 is 16.6 Å². The van der Waals surface area contributed by atoms with E-state index in [4.69, 9.17) is 21.8 Å². The van der Waals surface area contributed by atoms with Crippen molar-refractivity contribution in [3.8, 4) is 11.1 Å². The lowest BCUT2D eigenvalue weighted by molar-refractivity contribution is -0.120. The molecule has 0 radical (unpaired) electrons. The quantitative estimate of drug-likeness (QED) is 0.195. The monoisotopic (exact) mass is 450 g/mol. The maximum atomic E-state index is 12.5. The van der Waals surface area contributed by atoms with Gasteiger partial charge in [0.15, 0.2) is 5.84 Å². The minimum absolute atomic E-state index is 0.0185. The largest absolute Gasteiger partial charge is 0.409 e. The second-order valence-electron chi connectivity index (χ2n) is 7.82. The zero-order chi connectivity index (χ0) is 23.1. The summed E-state index contributed by atoms with van der Waals surface area (Å²) in [4.78, 5) is 12.6. The van der Waals surface area contributed by atoms with Crippen LogP contribution in [0, 0.1) is 0 Å². The average Bonchev–Trinajstić information content (AvgIpc) is 3.55. The van der Waals surface area contributed by atoms with Crippen LogP contribution in [0.1, 0.15) is 29.0 Å². The fourth-order valence-electron chi connectivity index (χ4n) is 4.27. The number of nitrogens with two attached hydrogens (primary N) is 3. The molecule has 0 saturated heterocycles. The van der Waals surface area contributed by atoms with Crippen LogP contribution in [0.3, 0.4) is 0 Å². The van der Waals surface area contributed by atoms with Gasteiger partial charge in [-0.3, -0.25) is 4.79 Å². The Morgan fingerprint density at radius 2 is 1.69 bits per heavy atom. The van der Waals surface area contributed by atoms with E-state index in [9.17, 15) is 13.2 Å². The average molecular weight is 451 g/mol. The third-order valence-electron chi connectivity index (χ3n) is 6.00. The Morgan fingerprint density at radius 1 is 1.00 bits per heavy atom. The van der Waals surface area contributed by atoms with Gasteiger partial charge < -0.3 is 16.7 Å². The van der Waals surface area contributed by atoms with Gasteiger partial charge in [-0.1, -0.05) is 65.8 Å². The molecule has 1 amide bonds. The minimum atomic E-state index is -3.89. The Labute approximate surface area is 185 Å². The lowest BCUT2D eigenvalue weighted by atomic mass is 9.88. The molecule has 32 heavy (non-hydrogen) atoms. The maximum absolute atomic E-state index is 12.5. The van der Waals surface area contributed by atoms with E-state index < -0.39 is 21.3 Å². The zero-order valence-corrected chi connectivity index (χ0v) is 17.8. The number of amidine groups is 1. The highest BCUT2D eigenvalue weighted by molar-refractivity contribution is 7.89. The summed E-state index contributed by atoms with van der Waals surface area (Å²) >= 11 is 0. The Hall–Kier alpha value is -3.69. The molecule has 9 heteroatoms. The topological polar surface area (TPSA) is 162 Å². The molecule has 3 aromatic carbocycles. The number of hydrogen-bond acceptors (Lipinski definition) is 5. The van der Waals surface area contributed by atoms with Crippen LogP contribution >= 0.6 is 0 Å². The second kappa shape index (κ2) is 7.77. The number of carbonyl (C=O) groups excluding carboxylic acids is 1. The van der Waals surface area contributed by atoms with Crippen LogP contribution in [-0.4, -0.2) is 25.4 Å². The van der Waals surface area contributed by atoms with E-state index in [-0.39, 0.29) is 16.6 Å². The third kappa shape index (κ3) is 3.61. The van der Waals surface area contributed by atoms with Crippen molar-refractivity contribution in [3.63, 3.8) is 0 Å². The predicted octanol–water partition coefficient (Wildman–Crippen LogP) is 2.01. The van der Waals surface area contributed by atoms with E-state index in [0.717, 1.165) is 11.1 Å². The van der Waals surface area contributed by atoms with E-state index in [2.05, 4.69) is 5.16 Å². The number of carbonyl (C=O) groups is 1. The highest BCUT2D eigenvalue weighted by Gasteiger charge is 2.60. The number of benzene rings is 3. The lowest BCUT2D eigenvalue weighted by Gasteiger charge is -2.16. The molecule has 1 saturated carbocycles. The summed E-state index contributed by atoms with van der Waals surface area (Å²) in [7, 11) is -3.89. The first-order valence-electron chi connectivity index (χ1n) is 9.79. The van der Waals surface area contributed by atoms with Gasteiger partial charge in [-0.05, 0) is 35.2 Å². The number of hydrogen-bond donors (Lipinski definition) is 4. The standard InChI is InChI=1S/C23H22N4O4S/c24-21(27-29)16-5-3-4-15(12-16)19-13-23(19,22(25)28)17-10-8-14(9-11-17)18-6-1-2-7-20(18)32(26,30)31/h1-12,19,29H,13H2,(H2,24,27)(H2,25,28)(H2,26,30,31). The molecule has 1 fully saturated rings. The van der Waals surface area contributed by atoms with Crippen molar-refractivity contribution in [2.75, 3.05) is 0 Å². The first-order valence-corrected chi connectivity index (χ1v) is 11.3. The first kappa shape index (κ1) is 21.5. The molecule has 7 N–H and O–H groups in total. The molecule has 0 heterocycles. The summed E-state index contributed by atoms with van der Waals surface area (Å²) in [5.74, 6) is -0.626. The summed E-state index contributed by atoms with van der Waals surface area (Å²) in [5.41, 5.74) is 13.9. The van der Waals surface area contributed by atoms with E-state index in [0.29, 0.717) is 23.1 Å². The molecule has 1 aliphatic carbocycles. The molecule has 3 aromatic rings. The van der Waals surface area contributed by atoms with Gasteiger partial charge in [-0.15, -0.1) is 0 Å². The Morgan fingerprint density at radius 3 is 2.31 bits per heavy atom. The van der Waals surface area contributed by atoms with Crippen molar-refractivity contribution in [2.24, 2.45) is 21.8 Å². The molecule has 0 aromatic heterocycles. The predicted molar refractivity (Wildman–Crippen MR) is 120 cm³/mol. The smallest absolute Gasteiger partial charge is 0.238 e. The number of rotatable bonds is 6. The van der Waals surface area contributed by atoms with Crippen LogP contribution in [0.15, 0.2) is 82.8 Å². The molecule has 0 aliphatic heterocycles. The van der Waals surface area contributed by atoms with E-state index in [1.54, 1.807) is 60.7 Å². The van der Waals surface area contributed by atoms with E-state index in [1.807, 2.05) is 6.07 Å². The molecule has 164 valence electrons. The summed E-state index contributed by atoms with van der Waals surface area (Å²) in [6.45, 7) is 0. The van der Waals surface area contributed by atoms with E-state index >= 15 is 0 Å². The Bertz CT molecular complexity index is 1340. The number of amides is 1. The number of primary sulfonamides is 1. The normalized spacial score (nSPS) is 20.7. The van der Waals surface area contributed by atoms with Crippen molar-refractivity contribution < 1.29 is 18.4 Å². The van der Waals surface area contributed by atoms with Crippen LogP contribution in [0.4, 0.5) is 0 Å². The van der Waals surface area contributed by atoms with Gasteiger partial charge in [0.2, 0.25) is 15.9 Å². The summed E-state index contributed by atoms with van der Waals surface area (Å²) < 4.78 is 23.9. The Kier molecular flexibility index (Phi) is 5.23. The molecular weight excluding hydrogens is 428 g/mol. The molecule has 2 unspecified atom stereocenters. The van der Waals surface area contributed by atoms with Crippen LogP contribution in [0.25, 0.3) is 11.1 Å². The Balaban J connectivity index is 1.71. The van der Waals surface area contributed by atoms with E-state index in [1.165, 1.54) is 6.07 Å². The molecule has 8 nitrogen and oxygen atoms in total. The van der Waals surface area contributed by atoms with Crippen molar-refractivity contribution in [1.82, 2.24) is 0 Å². The highest BCUT2D eigenvalue weighted by atomic mass is 32.2. The first-order chi connectivity index (χ1) is 15.2. The minimum Gasteiger partial charge on any atom is -0.409 e. The SMILES string of the molecule is NC(=O)C1(c2ccc(-c3ccccc3S(N)(=O)=O)cc2)CC1c1cccc(C(N)=NO)c1. The van der Waals surface area contributed by atoms with Gasteiger partial charge in [0.25, 0.3) is 0 Å². The van der Waals surface area contributed by atoms with Crippen molar-refractivity contribution >= 4 is 21.8 Å². The molecule has 1 aliphatic rings. The summed E-state index contributed by atoms with van der Waals surface area (Å²) in [6, 6.07) is 20.7. The van der Waals surface area contributed by atoms with Crippen molar-refractivity contribution in [2.45, 2.75) is 22.6 Å². The van der Waals surface area contributed by atoms with Gasteiger partial charge in [-0.25, -0.2) is 13.6 Å². The summed E-state index contributed by atoms with van der Waals surface area (Å²) in [5, 5.41) is 17.3. The van der Waals surface area contributed by atoms with Crippen LogP contribution in [-0.2, 0) is 20.2 Å². The zero-order valence-electron chi connectivity index (χ0n) is 17.0. The molecule has 2 atom stereocenters. The third-order valence-corrected chi connectivity index (χ3v) is 6.97. The number of nitrogens with zero attached hydrogens (tertiary/aromatic N) is 1. The molecule has 4 rings (SSSR count). The summed E-state index contributed by atoms with van der Waals surface area (Å²) in [6.07, 6.45) is 0.523. The fourth-order valence-corrected chi connectivity index (χ4v) is 5.03. The molecule has 0 bridgehead atoms. The highest BCUT2D eigenvalue weighted by Crippen LogP contribution is 2.60. The second-order valence-corrected chi connectivity index (χ2v) is 9.35. The lowest BCUT2D eigenvalue weighted by Crippen LogP contribution is -2.30. The number of sulfonamides is 1. The van der Waals surface area contributed by atoms with Crippen molar-refractivity contribution in [1.29, 1.82) is 0 Å². The van der Waals surface area contributed by atoms with Crippen LogP contribution in [0.5, 0.6) is 0 Å². The van der Waals surface area contributed by atoms with Gasteiger partial charge >= 0.3 is 0 Å². The van der Waals surface area contributed by atoms with Crippen molar-refractivity contribution in [3.05, 3.63) is 89.5 Å². The fraction of sp³-hybridized carbons (Fsp3) is 0.130. The number of oxime groups is 1. The van der Waals surface area contributed by atoms with Gasteiger partial charge in [-0.2, -0.15) is 0 Å². The van der Waals surface area contributed by atoms with Crippen LogP contribution in [0.2, 0.25) is 0 Å². The van der Waals surface area contributed by atoms with Gasteiger partial charge in [0, 0.05) is 17.0 Å².